The van der Waals surface area contributed by atoms with Gasteiger partial charge in [0, 0.05) is 54.4 Å². The quantitative estimate of drug-likeness (QED) is 0.932. The summed E-state index contributed by atoms with van der Waals surface area (Å²) >= 11 is 0. The average molecular weight is 335 g/mol. The summed E-state index contributed by atoms with van der Waals surface area (Å²) in [6, 6.07) is 4.05. The Bertz CT molecular complexity index is 885. The molecule has 128 valence electrons. The molecule has 0 radical (unpaired) electrons. The first kappa shape index (κ1) is 14.8. The number of nitrogens with zero attached hydrogens (tertiary/aromatic N) is 4. The number of pyridine rings is 1. The van der Waals surface area contributed by atoms with Crippen molar-refractivity contribution in [2.24, 2.45) is 0 Å². The van der Waals surface area contributed by atoms with Gasteiger partial charge in [0.15, 0.2) is 0 Å². The lowest BCUT2D eigenvalue weighted by molar-refractivity contribution is -0.114. The Morgan fingerprint density at radius 2 is 2.08 bits per heavy atom. The number of hydrogen-bond acceptors (Lipinski definition) is 5. The summed E-state index contributed by atoms with van der Waals surface area (Å²) in [7, 11) is 0. The van der Waals surface area contributed by atoms with Gasteiger partial charge in [-0.2, -0.15) is 0 Å². The minimum absolute atomic E-state index is 0.105. The summed E-state index contributed by atoms with van der Waals surface area (Å²) in [5.74, 6) is 2.97. The Labute approximate surface area is 146 Å². The van der Waals surface area contributed by atoms with Gasteiger partial charge < -0.3 is 10.2 Å². The number of amides is 1. The molecule has 25 heavy (non-hydrogen) atoms. The highest BCUT2D eigenvalue weighted by atomic mass is 16.1. The number of anilines is 3. The van der Waals surface area contributed by atoms with Crippen LogP contribution in [-0.2, 0) is 10.2 Å². The van der Waals surface area contributed by atoms with Crippen LogP contribution in [0.4, 0.5) is 17.3 Å². The normalized spacial score (nSPS) is 19.8. The lowest BCUT2D eigenvalue weighted by Gasteiger charge is -2.20. The molecule has 1 spiro atoms. The molecule has 0 aromatic carbocycles. The molecular formula is C19H21N5O. The maximum atomic E-state index is 11.4. The fourth-order valence-electron chi connectivity index (χ4n) is 3.82. The Kier molecular flexibility index (Phi) is 2.96. The fourth-order valence-corrected chi connectivity index (χ4v) is 3.82. The van der Waals surface area contributed by atoms with Crippen LogP contribution in [0.5, 0.6) is 0 Å². The SMILES string of the molecule is CC(=O)Nc1cc2c(cn1)C1(CC1)CN2c1cc(C)nc(C2CC2)n1. The van der Waals surface area contributed by atoms with Gasteiger partial charge in [-0.3, -0.25) is 4.79 Å². The van der Waals surface area contributed by atoms with Gasteiger partial charge in [0.05, 0.1) is 5.69 Å². The van der Waals surface area contributed by atoms with Gasteiger partial charge in [-0.1, -0.05) is 0 Å². The van der Waals surface area contributed by atoms with Crippen LogP contribution in [0.15, 0.2) is 18.3 Å². The van der Waals surface area contributed by atoms with E-state index in [-0.39, 0.29) is 11.3 Å². The number of hydrogen-bond donors (Lipinski definition) is 1. The van der Waals surface area contributed by atoms with Crippen molar-refractivity contribution in [3.05, 3.63) is 35.4 Å². The molecule has 0 bridgehead atoms. The first-order valence-corrected chi connectivity index (χ1v) is 8.95. The zero-order valence-electron chi connectivity index (χ0n) is 14.5. The Hall–Kier alpha value is -2.50. The molecule has 0 atom stereocenters. The summed E-state index contributed by atoms with van der Waals surface area (Å²) in [5, 5.41) is 2.80. The van der Waals surface area contributed by atoms with Crippen molar-refractivity contribution in [1.29, 1.82) is 0 Å². The van der Waals surface area contributed by atoms with Gasteiger partial charge >= 0.3 is 0 Å². The van der Waals surface area contributed by atoms with Crippen molar-refractivity contribution < 1.29 is 4.79 Å². The van der Waals surface area contributed by atoms with Crippen LogP contribution >= 0.6 is 0 Å². The molecule has 2 aromatic heterocycles. The Morgan fingerprint density at radius 1 is 1.28 bits per heavy atom. The number of carbonyl (C=O) groups excluding carboxylic acids is 1. The second-order valence-corrected chi connectivity index (χ2v) is 7.63. The smallest absolute Gasteiger partial charge is 0.222 e. The predicted molar refractivity (Wildman–Crippen MR) is 95.2 cm³/mol. The maximum Gasteiger partial charge on any atom is 0.222 e. The summed E-state index contributed by atoms with van der Waals surface area (Å²) in [6.45, 7) is 4.48. The minimum atomic E-state index is -0.105. The molecule has 2 aromatic rings. The third-order valence-electron chi connectivity index (χ3n) is 5.44. The molecule has 1 amide bonds. The first-order chi connectivity index (χ1) is 12.0. The van der Waals surface area contributed by atoms with Gasteiger partial charge in [0.2, 0.25) is 5.91 Å². The summed E-state index contributed by atoms with van der Waals surface area (Å²) in [6.07, 6.45) is 6.71. The van der Waals surface area contributed by atoms with Gasteiger partial charge in [-0.05, 0) is 32.6 Å². The Morgan fingerprint density at radius 3 is 2.76 bits per heavy atom. The summed E-state index contributed by atoms with van der Waals surface area (Å²) < 4.78 is 0. The molecule has 2 fully saturated rings. The van der Waals surface area contributed by atoms with Crippen molar-refractivity contribution in [2.45, 2.75) is 50.9 Å². The monoisotopic (exact) mass is 335 g/mol. The molecule has 3 heterocycles. The van der Waals surface area contributed by atoms with Crippen LogP contribution in [0.1, 0.15) is 55.6 Å². The van der Waals surface area contributed by atoms with Crippen molar-refractivity contribution in [3.63, 3.8) is 0 Å². The van der Waals surface area contributed by atoms with E-state index >= 15 is 0 Å². The molecule has 6 heteroatoms. The van der Waals surface area contributed by atoms with E-state index in [2.05, 4.69) is 26.3 Å². The van der Waals surface area contributed by atoms with Crippen molar-refractivity contribution in [3.8, 4) is 0 Å². The highest BCUT2D eigenvalue weighted by Gasteiger charge is 2.52. The van der Waals surface area contributed by atoms with Crippen LogP contribution in [0.3, 0.4) is 0 Å². The topological polar surface area (TPSA) is 71.0 Å². The molecule has 2 saturated carbocycles. The van der Waals surface area contributed by atoms with E-state index in [1.807, 2.05) is 19.2 Å². The lowest BCUT2D eigenvalue weighted by atomic mass is 10.0. The second-order valence-electron chi connectivity index (χ2n) is 7.63. The molecule has 3 aliphatic rings. The van der Waals surface area contributed by atoms with E-state index in [0.29, 0.717) is 11.7 Å². The number of rotatable bonds is 3. The van der Waals surface area contributed by atoms with Gasteiger partial charge in [0.1, 0.15) is 17.5 Å². The summed E-state index contributed by atoms with van der Waals surface area (Å²) in [5.41, 5.74) is 3.64. The molecule has 5 rings (SSSR count). The molecule has 6 nitrogen and oxygen atoms in total. The fraction of sp³-hybridized carbons (Fsp3) is 0.474. The van der Waals surface area contributed by atoms with E-state index < -0.39 is 0 Å². The van der Waals surface area contributed by atoms with Crippen molar-refractivity contribution >= 4 is 23.2 Å². The average Bonchev–Trinajstić information content (AvgIpc) is 3.45. The third kappa shape index (κ3) is 2.47. The van der Waals surface area contributed by atoms with Crippen LogP contribution < -0.4 is 10.2 Å². The maximum absolute atomic E-state index is 11.4. The van der Waals surface area contributed by atoms with Crippen LogP contribution in [-0.4, -0.2) is 27.4 Å². The van der Waals surface area contributed by atoms with E-state index in [1.165, 1.54) is 38.2 Å². The number of aryl methyl sites for hydroxylation is 1. The van der Waals surface area contributed by atoms with E-state index in [4.69, 9.17) is 4.98 Å². The van der Waals surface area contributed by atoms with Gasteiger partial charge in [-0.25, -0.2) is 15.0 Å². The Balaban J connectivity index is 1.59. The summed E-state index contributed by atoms with van der Waals surface area (Å²) in [4.78, 5) is 27.6. The van der Waals surface area contributed by atoms with Crippen LogP contribution in [0.25, 0.3) is 0 Å². The number of nitrogens with one attached hydrogen (secondary N) is 1. The van der Waals surface area contributed by atoms with Crippen LogP contribution in [0.2, 0.25) is 0 Å². The predicted octanol–water partition coefficient (Wildman–Crippen LogP) is 3.20. The third-order valence-corrected chi connectivity index (χ3v) is 5.44. The zero-order valence-corrected chi connectivity index (χ0v) is 14.5. The van der Waals surface area contributed by atoms with Crippen LogP contribution in [0, 0.1) is 6.92 Å². The van der Waals surface area contributed by atoms with Crippen molar-refractivity contribution in [2.75, 3.05) is 16.8 Å². The van der Waals surface area contributed by atoms with E-state index in [0.717, 1.165) is 29.6 Å². The lowest BCUT2D eigenvalue weighted by Crippen LogP contribution is -2.21. The second kappa shape index (κ2) is 5.00. The van der Waals surface area contributed by atoms with Gasteiger partial charge in [0.25, 0.3) is 0 Å². The molecule has 2 aliphatic carbocycles. The molecule has 0 saturated heterocycles. The van der Waals surface area contributed by atoms with E-state index in [1.54, 1.807) is 0 Å². The molecule has 1 aliphatic heterocycles. The first-order valence-electron chi connectivity index (χ1n) is 8.95. The molecule has 0 unspecified atom stereocenters. The van der Waals surface area contributed by atoms with Crippen molar-refractivity contribution in [1.82, 2.24) is 15.0 Å². The standard InChI is InChI=1S/C19H21N5O/c1-11-7-17(23-18(21-11)13-3-4-13)24-10-19(5-6-19)14-9-20-16(8-15(14)24)22-12(2)25/h7-9,13H,3-6,10H2,1-2H3,(H,20,22,25). The minimum Gasteiger partial charge on any atom is -0.325 e. The number of aromatic nitrogens is 3. The highest BCUT2D eigenvalue weighted by Crippen LogP contribution is 2.58. The van der Waals surface area contributed by atoms with Gasteiger partial charge in [-0.15, -0.1) is 0 Å². The largest absolute Gasteiger partial charge is 0.325 e. The number of carbonyl (C=O) groups is 1. The molecular weight excluding hydrogens is 314 g/mol. The van der Waals surface area contributed by atoms with E-state index in [9.17, 15) is 4.79 Å². The molecule has 1 N–H and O–H groups in total. The highest BCUT2D eigenvalue weighted by molar-refractivity contribution is 5.89. The number of fused-ring (bicyclic) bond motifs is 2. The zero-order chi connectivity index (χ0) is 17.2.